The summed E-state index contributed by atoms with van der Waals surface area (Å²) in [6, 6.07) is 20.6. The number of hydrogen-bond acceptors (Lipinski definition) is 3. The minimum atomic E-state index is 0.00248. The third-order valence-electron chi connectivity index (χ3n) is 3.99. The van der Waals surface area contributed by atoms with Gasteiger partial charge in [-0.15, -0.1) is 0 Å². The third-order valence-corrected chi connectivity index (χ3v) is 3.99. The average molecular weight is 325 g/mol. The largest absolute Gasteiger partial charge is 0.289 e. The molecule has 4 rings (SSSR count). The number of pyridine rings is 1. The van der Waals surface area contributed by atoms with Gasteiger partial charge in [-0.1, -0.05) is 42.5 Å². The first-order chi connectivity index (χ1) is 12.3. The Kier molecular flexibility index (Phi) is 3.92. The van der Waals surface area contributed by atoms with Gasteiger partial charge in [0, 0.05) is 22.7 Å². The first-order valence-corrected chi connectivity index (χ1v) is 7.98. The maximum absolute atomic E-state index is 12.6. The molecule has 2 heterocycles. The van der Waals surface area contributed by atoms with Crippen LogP contribution in [0.2, 0.25) is 0 Å². The molecule has 0 aliphatic rings. The van der Waals surface area contributed by atoms with E-state index in [0.717, 1.165) is 22.3 Å². The van der Waals surface area contributed by atoms with Gasteiger partial charge in [0.05, 0.1) is 16.9 Å². The Labute approximate surface area is 144 Å². The lowest BCUT2D eigenvalue weighted by Crippen LogP contribution is -2.00. The predicted octanol–water partition coefficient (Wildman–Crippen LogP) is 4.36. The summed E-state index contributed by atoms with van der Waals surface area (Å²) in [5.41, 5.74) is 3.84. The molecule has 0 fully saturated rings. The van der Waals surface area contributed by atoms with Gasteiger partial charge in [-0.3, -0.25) is 14.9 Å². The summed E-state index contributed by atoms with van der Waals surface area (Å²) < 4.78 is 0. The topological polar surface area (TPSA) is 58.6 Å². The molecule has 0 amide bonds. The quantitative estimate of drug-likeness (QED) is 0.567. The van der Waals surface area contributed by atoms with Gasteiger partial charge in [0.2, 0.25) is 0 Å². The van der Waals surface area contributed by atoms with Gasteiger partial charge in [-0.2, -0.15) is 5.10 Å². The third kappa shape index (κ3) is 3.10. The molecule has 2 aromatic carbocycles. The molecule has 0 radical (unpaired) electrons. The molecule has 25 heavy (non-hydrogen) atoms. The number of H-pyrrole nitrogens is 1. The lowest BCUT2D eigenvalue weighted by molar-refractivity contribution is 0.103. The molecule has 1 N–H and O–H groups in total. The fourth-order valence-electron chi connectivity index (χ4n) is 2.70. The van der Waals surface area contributed by atoms with Crippen molar-refractivity contribution in [3.05, 3.63) is 95.4 Å². The van der Waals surface area contributed by atoms with Gasteiger partial charge in [0.25, 0.3) is 0 Å². The Morgan fingerprint density at radius 3 is 2.52 bits per heavy atom. The maximum Gasteiger partial charge on any atom is 0.193 e. The van der Waals surface area contributed by atoms with E-state index in [9.17, 15) is 4.79 Å². The molecule has 0 atom stereocenters. The van der Waals surface area contributed by atoms with Crippen molar-refractivity contribution >= 4 is 28.8 Å². The minimum absolute atomic E-state index is 0.00248. The summed E-state index contributed by atoms with van der Waals surface area (Å²) in [5.74, 6) is 0.00248. The van der Waals surface area contributed by atoms with Crippen molar-refractivity contribution in [2.75, 3.05) is 0 Å². The van der Waals surface area contributed by atoms with Crippen LogP contribution in [0.15, 0.2) is 72.9 Å². The minimum Gasteiger partial charge on any atom is -0.289 e. The highest BCUT2D eigenvalue weighted by atomic mass is 16.1. The molecular formula is C21H15N3O. The first-order valence-electron chi connectivity index (χ1n) is 7.98. The fraction of sp³-hybridized carbons (Fsp3) is 0. The summed E-state index contributed by atoms with van der Waals surface area (Å²) in [6.45, 7) is 0. The standard InChI is InChI=1S/C21H15N3O/c25-21(15-6-2-1-3-7-15)16-9-11-18-19(23-24-20(18)14-16)12-10-17-8-4-5-13-22-17/h1-14H,(H,23,24)/b12-10+. The van der Waals surface area contributed by atoms with Gasteiger partial charge >= 0.3 is 0 Å². The van der Waals surface area contributed by atoms with Crippen molar-refractivity contribution in [1.82, 2.24) is 15.2 Å². The average Bonchev–Trinajstić information content (AvgIpc) is 3.09. The van der Waals surface area contributed by atoms with E-state index in [-0.39, 0.29) is 5.78 Å². The van der Waals surface area contributed by atoms with Crippen molar-refractivity contribution in [2.45, 2.75) is 0 Å². The van der Waals surface area contributed by atoms with Crippen LogP contribution in [-0.4, -0.2) is 21.0 Å². The Balaban J connectivity index is 1.65. The number of aromatic nitrogens is 3. The SMILES string of the molecule is O=C(c1ccccc1)c1ccc2c(/C=C/c3ccccn3)n[nH]c2c1. The van der Waals surface area contributed by atoms with E-state index in [1.54, 1.807) is 6.20 Å². The van der Waals surface area contributed by atoms with Crippen LogP contribution in [-0.2, 0) is 0 Å². The molecule has 4 nitrogen and oxygen atoms in total. The Hall–Kier alpha value is -3.53. The summed E-state index contributed by atoms with van der Waals surface area (Å²) in [5, 5.41) is 8.30. The second-order valence-corrected chi connectivity index (χ2v) is 5.65. The van der Waals surface area contributed by atoms with Crippen LogP contribution in [0.3, 0.4) is 0 Å². The normalized spacial score (nSPS) is 11.2. The Morgan fingerprint density at radius 1 is 0.880 bits per heavy atom. The van der Waals surface area contributed by atoms with E-state index in [1.807, 2.05) is 78.9 Å². The van der Waals surface area contributed by atoms with Gasteiger partial charge in [0.1, 0.15) is 0 Å². The van der Waals surface area contributed by atoms with E-state index in [2.05, 4.69) is 15.2 Å². The number of ketones is 1. The number of nitrogens with one attached hydrogen (secondary N) is 1. The van der Waals surface area contributed by atoms with Crippen LogP contribution >= 0.6 is 0 Å². The lowest BCUT2D eigenvalue weighted by atomic mass is 10.0. The first kappa shape index (κ1) is 15.0. The summed E-state index contributed by atoms with van der Waals surface area (Å²) in [6.07, 6.45) is 5.59. The highest BCUT2D eigenvalue weighted by molar-refractivity contribution is 6.10. The van der Waals surface area contributed by atoms with Crippen molar-refractivity contribution in [3.63, 3.8) is 0 Å². The number of carbonyl (C=O) groups excluding carboxylic acids is 1. The van der Waals surface area contributed by atoms with Gasteiger partial charge in [-0.05, 0) is 36.4 Å². The number of carbonyl (C=O) groups is 1. The van der Waals surface area contributed by atoms with E-state index in [0.29, 0.717) is 11.1 Å². The van der Waals surface area contributed by atoms with E-state index in [1.165, 1.54) is 0 Å². The van der Waals surface area contributed by atoms with Crippen molar-refractivity contribution in [2.24, 2.45) is 0 Å². The van der Waals surface area contributed by atoms with Crippen molar-refractivity contribution in [3.8, 4) is 0 Å². The van der Waals surface area contributed by atoms with Crippen LogP contribution in [0, 0.1) is 0 Å². The zero-order valence-electron chi connectivity index (χ0n) is 13.4. The molecule has 0 bridgehead atoms. The molecule has 0 saturated heterocycles. The number of benzene rings is 2. The zero-order valence-corrected chi connectivity index (χ0v) is 13.4. The predicted molar refractivity (Wildman–Crippen MR) is 99.1 cm³/mol. The van der Waals surface area contributed by atoms with Gasteiger partial charge in [0.15, 0.2) is 5.78 Å². The summed E-state index contributed by atoms with van der Waals surface area (Å²) in [7, 11) is 0. The molecule has 0 aliphatic heterocycles. The van der Waals surface area contributed by atoms with Crippen LogP contribution in [0.1, 0.15) is 27.3 Å². The number of nitrogens with zero attached hydrogens (tertiary/aromatic N) is 2. The van der Waals surface area contributed by atoms with E-state index >= 15 is 0 Å². The smallest absolute Gasteiger partial charge is 0.193 e. The molecule has 0 spiro atoms. The molecule has 0 aliphatic carbocycles. The van der Waals surface area contributed by atoms with Crippen LogP contribution in [0.25, 0.3) is 23.1 Å². The summed E-state index contributed by atoms with van der Waals surface area (Å²) in [4.78, 5) is 16.8. The van der Waals surface area contributed by atoms with Crippen LogP contribution in [0.5, 0.6) is 0 Å². The van der Waals surface area contributed by atoms with Crippen LogP contribution in [0.4, 0.5) is 0 Å². The molecule has 4 aromatic rings. The molecule has 0 unspecified atom stereocenters. The zero-order chi connectivity index (χ0) is 17.1. The number of hydrogen-bond donors (Lipinski definition) is 1. The highest BCUT2D eigenvalue weighted by Crippen LogP contribution is 2.21. The van der Waals surface area contributed by atoms with Crippen LogP contribution < -0.4 is 0 Å². The number of fused-ring (bicyclic) bond motifs is 1. The molecule has 2 aromatic heterocycles. The van der Waals surface area contributed by atoms with Crippen molar-refractivity contribution in [1.29, 1.82) is 0 Å². The Bertz CT molecular complexity index is 1050. The summed E-state index contributed by atoms with van der Waals surface area (Å²) >= 11 is 0. The number of rotatable bonds is 4. The van der Waals surface area contributed by atoms with Gasteiger partial charge in [-0.25, -0.2) is 0 Å². The number of aromatic amines is 1. The van der Waals surface area contributed by atoms with Gasteiger partial charge < -0.3 is 0 Å². The highest BCUT2D eigenvalue weighted by Gasteiger charge is 2.11. The second kappa shape index (κ2) is 6.53. The van der Waals surface area contributed by atoms with E-state index in [4.69, 9.17) is 0 Å². The maximum atomic E-state index is 12.6. The molecule has 120 valence electrons. The van der Waals surface area contributed by atoms with E-state index < -0.39 is 0 Å². The second-order valence-electron chi connectivity index (χ2n) is 5.65. The Morgan fingerprint density at radius 2 is 1.72 bits per heavy atom. The lowest BCUT2D eigenvalue weighted by Gasteiger charge is -2.01. The molecular weight excluding hydrogens is 310 g/mol. The molecule has 4 heteroatoms. The fourth-order valence-corrected chi connectivity index (χ4v) is 2.70. The monoisotopic (exact) mass is 325 g/mol. The molecule has 0 saturated carbocycles. The van der Waals surface area contributed by atoms with Crippen molar-refractivity contribution < 1.29 is 4.79 Å².